The topological polar surface area (TPSA) is 54.3 Å². The Labute approximate surface area is 141 Å². The first-order chi connectivity index (χ1) is 11.7. The lowest BCUT2D eigenvalue weighted by Crippen LogP contribution is -2.33. The molecule has 0 radical (unpaired) electrons. The van der Waals surface area contributed by atoms with E-state index >= 15 is 0 Å². The van der Waals surface area contributed by atoms with E-state index in [1.165, 1.54) is 5.39 Å². The lowest BCUT2D eigenvalue weighted by atomic mass is 10.1. The van der Waals surface area contributed by atoms with Crippen molar-refractivity contribution >= 4 is 16.8 Å². The molecule has 0 aliphatic heterocycles. The van der Waals surface area contributed by atoms with Gasteiger partial charge in [-0.1, -0.05) is 48.5 Å². The third kappa shape index (κ3) is 4.24. The molecule has 4 heteroatoms. The summed E-state index contributed by atoms with van der Waals surface area (Å²) in [5.41, 5.74) is 2.20. The van der Waals surface area contributed by atoms with Gasteiger partial charge in [0, 0.05) is 37.6 Å². The van der Waals surface area contributed by atoms with Crippen molar-refractivity contribution in [2.24, 2.45) is 0 Å². The summed E-state index contributed by atoms with van der Waals surface area (Å²) in [6.07, 6.45) is 2.38. The molecule has 1 amide bonds. The Balaban J connectivity index is 1.44. The average molecular weight is 322 g/mol. The molecular weight excluding hydrogens is 300 g/mol. The fraction of sp³-hybridized carbons (Fsp3) is 0.250. The number of para-hydroxylation sites is 1. The van der Waals surface area contributed by atoms with Gasteiger partial charge in [-0.3, -0.25) is 4.79 Å². The number of benzene rings is 2. The number of carbonyl (C=O) groups excluding carboxylic acids is 1. The normalized spacial score (nSPS) is 12.2. The number of nitrogens with zero attached hydrogens (tertiary/aromatic N) is 1. The number of aliphatic hydroxyl groups is 1. The zero-order chi connectivity index (χ0) is 16.8. The molecule has 0 aliphatic carbocycles. The standard InChI is InChI=1S/C20H22N2O2/c23-18(14-16-6-2-1-3-7-16)15-21-20(24)11-13-22-12-10-17-8-4-5-9-19(17)22/h1-10,12,18,23H,11,13-15H2,(H,21,24). The largest absolute Gasteiger partial charge is 0.391 e. The first kappa shape index (κ1) is 16.3. The van der Waals surface area contributed by atoms with Crippen molar-refractivity contribution in [1.29, 1.82) is 0 Å². The van der Waals surface area contributed by atoms with Crippen molar-refractivity contribution in [1.82, 2.24) is 9.88 Å². The molecule has 0 bridgehead atoms. The van der Waals surface area contributed by atoms with E-state index in [2.05, 4.69) is 28.1 Å². The summed E-state index contributed by atoms with van der Waals surface area (Å²) in [6, 6.07) is 20.0. The molecule has 1 aromatic heterocycles. The van der Waals surface area contributed by atoms with E-state index in [0.29, 0.717) is 19.4 Å². The summed E-state index contributed by atoms with van der Waals surface area (Å²) < 4.78 is 2.08. The number of nitrogens with one attached hydrogen (secondary N) is 1. The first-order valence-corrected chi connectivity index (χ1v) is 8.25. The number of fused-ring (bicyclic) bond motifs is 1. The highest BCUT2D eigenvalue weighted by atomic mass is 16.3. The molecule has 4 nitrogen and oxygen atoms in total. The summed E-state index contributed by atoms with van der Waals surface area (Å²) in [4.78, 5) is 12.0. The number of aromatic nitrogens is 1. The minimum atomic E-state index is -0.566. The van der Waals surface area contributed by atoms with E-state index < -0.39 is 6.10 Å². The van der Waals surface area contributed by atoms with Crippen LogP contribution in [-0.2, 0) is 17.8 Å². The molecule has 3 aromatic rings. The number of aryl methyl sites for hydroxylation is 1. The Hall–Kier alpha value is -2.59. The number of rotatable bonds is 7. The maximum Gasteiger partial charge on any atom is 0.221 e. The Bertz CT molecular complexity index is 796. The molecule has 0 saturated carbocycles. The zero-order valence-corrected chi connectivity index (χ0v) is 13.6. The molecule has 24 heavy (non-hydrogen) atoms. The average Bonchev–Trinajstić information content (AvgIpc) is 3.02. The molecule has 0 fully saturated rings. The van der Waals surface area contributed by atoms with Gasteiger partial charge in [0.1, 0.15) is 0 Å². The molecule has 1 atom stereocenters. The number of hydrogen-bond donors (Lipinski definition) is 2. The highest BCUT2D eigenvalue weighted by molar-refractivity contribution is 5.80. The molecular formula is C20H22N2O2. The van der Waals surface area contributed by atoms with Gasteiger partial charge < -0.3 is 15.0 Å². The monoisotopic (exact) mass is 322 g/mol. The van der Waals surface area contributed by atoms with Crippen LogP contribution in [0.5, 0.6) is 0 Å². The van der Waals surface area contributed by atoms with E-state index in [9.17, 15) is 9.90 Å². The van der Waals surface area contributed by atoms with Crippen LogP contribution >= 0.6 is 0 Å². The second-order valence-corrected chi connectivity index (χ2v) is 5.97. The van der Waals surface area contributed by atoms with E-state index in [1.54, 1.807) is 0 Å². The fourth-order valence-electron chi connectivity index (χ4n) is 2.84. The number of amides is 1. The van der Waals surface area contributed by atoms with Crippen molar-refractivity contribution < 1.29 is 9.90 Å². The van der Waals surface area contributed by atoms with Crippen LogP contribution in [0.25, 0.3) is 10.9 Å². The van der Waals surface area contributed by atoms with Gasteiger partial charge in [-0.2, -0.15) is 0 Å². The van der Waals surface area contributed by atoms with Gasteiger partial charge in [0.05, 0.1) is 6.10 Å². The highest BCUT2D eigenvalue weighted by Crippen LogP contribution is 2.15. The summed E-state index contributed by atoms with van der Waals surface area (Å²) in [5, 5.41) is 14.0. The van der Waals surface area contributed by atoms with Crippen LogP contribution in [0.4, 0.5) is 0 Å². The molecule has 2 aromatic carbocycles. The van der Waals surface area contributed by atoms with Crippen LogP contribution in [-0.4, -0.2) is 28.2 Å². The van der Waals surface area contributed by atoms with E-state index in [-0.39, 0.29) is 12.5 Å². The van der Waals surface area contributed by atoms with Crippen molar-refractivity contribution in [2.45, 2.75) is 25.5 Å². The Morgan fingerprint density at radius 3 is 2.62 bits per heavy atom. The third-order valence-electron chi connectivity index (χ3n) is 4.11. The highest BCUT2D eigenvalue weighted by Gasteiger charge is 2.09. The van der Waals surface area contributed by atoms with Crippen molar-refractivity contribution in [3.8, 4) is 0 Å². The molecule has 0 saturated heterocycles. The molecule has 1 heterocycles. The van der Waals surface area contributed by atoms with Crippen LogP contribution < -0.4 is 5.32 Å². The van der Waals surface area contributed by atoms with Gasteiger partial charge in [-0.05, 0) is 23.1 Å². The predicted octanol–water partition coefficient (Wildman–Crippen LogP) is 2.75. The second kappa shape index (κ2) is 7.79. The Kier molecular flexibility index (Phi) is 5.29. The number of carbonyl (C=O) groups is 1. The zero-order valence-electron chi connectivity index (χ0n) is 13.6. The fourth-order valence-corrected chi connectivity index (χ4v) is 2.84. The lowest BCUT2D eigenvalue weighted by Gasteiger charge is -2.12. The smallest absolute Gasteiger partial charge is 0.221 e. The molecule has 3 rings (SSSR count). The van der Waals surface area contributed by atoms with E-state index in [4.69, 9.17) is 0 Å². The van der Waals surface area contributed by atoms with Crippen LogP contribution in [0.15, 0.2) is 66.9 Å². The van der Waals surface area contributed by atoms with Crippen molar-refractivity contribution in [3.05, 3.63) is 72.4 Å². The maximum absolute atomic E-state index is 12.0. The molecule has 124 valence electrons. The number of aliphatic hydroxyl groups excluding tert-OH is 1. The summed E-state index contributed by atoms with van der Waals surface area (Å²) in [6.45, 7) is 0.911. The minimum Gasteiger partial charge on any atom is -0.391 e. The van der Waals surface area contributed by atoms with Gasteiger partial charge >= 0.3 is 0 Å². The van der Waals surface area contributed by atoms with E-state index in [1.807, 2.05) is 48.7 Å². The molecule has 0 aliphatic rings. The molecule has 0 spiro atoms. The summed E-state index contributed by atoms with van der Waals surface area (Å²) >= 11 is 0. The van der Waals surface area contributed by atoms with Gasteiger partial charge in [-0.15, -0.1) is 0 Å². The van der Waals surface area contributed by atoms with Crippen LogP contribution in [0.1, 0.15) is 12.0 Å². The van der Waals surface area contributed by atoms with Crippen LogP contribution in [0.2, 0.25) is 0 Å². The Morgan fingerprint density at radius 1 is 1.04 bits per heavy atom. The molecule has 2 N–H and O–H groups in total. The van der Waals surface area contributed by atoms with Gasteiger partial charge in [0.2, 0.25) is 5.91 Å². The quantitative estimate of drug-likeness (QED) is 0.703. The predicted molar refractivity (Wildman–Crippen MR) is 95.7 cm³/mol. The van der Waals surface area contributed by atoms with Gasteiger partial charge in [0.25, 0.3) is 0 Å². The summed E-state index contributed by atoms with van der Waals surface area (Å²) in [7, 11) is 0. The lowest BCUT2D eigenvalue weighted by molar-refractivity contribution is -0.121. The Morgan fingerprint density at radius 2 is 1.79 bits per heavy atom. The second-order valence-electron chi connectivity index (χ2n) is 5.97. The maximum atomic E-state index is 12.0. The van der Waals surface area contributed by atoms with Crippen molar-refractivity contribution in [2.75, 3.05) is 6.54 Å². The SMILES string of the molecule is O=C(CCn1ccc2ccccc21)NCC(O)Cc1ccccc1. The van der Waals surface area contributed by atoms with E-state index in [0.717, 1.165) is 11.1 Å². The van der Waals surface area contributed by atoms with Crippen LogP contribution in [0, 0.1) is 0 Å². The van der Waals surface area contributed by atoms with Crippen molar-refractivity contribution in [3.63, 3.8) is 0 Å². The minimum absolute atomic E-state index is 0.0418. The summed E-state index contributed by atoms with van der Waals surface area (Å²) in [5.74, 6) is -0.0418. The molecule has 1 unspecified atom stereocenters. The van der Waals surface area contributed by atoms with Crippen LogP contribution in [0.3, 0.4) is 0 Å². The van der Waals surface area contributed by atoms with Gasteiger partial charge in [-0.25, -0.2) is 0 Å². The number of hydrogen-bond acceptors (Lipinski definition) is 2. The van der Waals surface area contributed by atoms with Gasteiger partial charge in [0.15, 0.2) is 0 Å². The first-order valence-electron chi connectivity index (χ1n) is 8.25. The third-order valence-corrected chi connectivity index (χ3v) is 4.11.